The lowest BCUT2D eigenvalue weighted by Gasteiger charge is -2.32. The van der Waals surface area contributed by atoms with E-state index in [-0.39, 0.29) is 35.5 Å². The molecular weight excluding hydrogens is 515 g/mol. The zero-order chi connectivity index (χ0) is 27.7. The van der Waals surface area contributed by atoms with Crippen molar-refractivity contribution in [1.82, 2.24) is 4.57 Å². The Hall–Kier alpha value is -3.14. The Morgan fingerprint density at radius 3 is 2.45 bits per heavy atom. The molecule has 1 fully saturated rings. The van der Waals surface area contributed by atoms with Crippen molar-refractivity contribution in [2.24, 2.45) is 5.92 Å². The number of anilines is 1. The van der Waals surface area contributed by atoms with Gasteiger partial charge in [0.25, 0.3) is 0 Å². The van der Waals surface area contributed by atoms with Crippen LogP contribution in [-0.2, 0) is 6.42 Å². The van der Waals surface area contributed by atoms with Crippen molar-refractivity contribution in [3.63, 3.8) is 0 Å². The molecule has 3 N–H and O–H groups in total. The number of hydrogen-bond donors (Lipinski definition) is 3. The number of aromatic nitrogens is 1. The maximum Gasteiger partial charge on any atom is 0.341 e. The minimum absolute atomic E-state index is 0.0402. The first-order chi connectivity index (χ1) is 18.0. The lowest BCUT2D eigenvalue weighted by Crippen LogP contribution is -2.35. The third kappa shape index (κ3) is 5.36. The third-order valence-corrected chi connectivity index (χ3v) is 7.55. The van der Waals surface area contributed by atoms with Crippen LogP contribution in [0.2, 0.25) is 5.02 Å². The Morgan fingerprint density at radius 2 is 1.87 bits per heavy atom. The molecule has 0 spiro atoms. The largest absolute Gasteiger partial charge is 0.496 e. The predicted octanol–water partition coefficient (Wildman–Crippen LogP) is 4.24. The molecule has 204 valence electrons. The van der Waals surface area contributed by atoms with E-state index in [1.807, 2.05) is 18.7 Å². The fourth-order valence-electron chi connectivity index (χ4n) is 5.07. The van der Waals surface area contributed by atoms with Gasteiger partial charge >= 0.3 is 5.97 Å². The van der Waals surface area contributed by atoms with Crippen LogP contribution < -0.4 is 15.1 Å². The Kier molecular flexibility index (Phi) is 8.30. The lowest BCUT2D eigenvalue weighted by molar-refractivity contribution is 0.0694. The number of halogens is 2. The van der Waals surface area contributed by atoms with Crippen LogP contribution in [0.4, 0.5) is 10.1 Å². The van der Waals surface area contributed by atoms with E-state index in [0.717, 1.165) is 5.69 Å². The van der Waals surface area contributed by atoms with Crippen molar-refractivity contribution < 1.29 is 29.2 Å². The molecule has 0 radical (unpaired) electrons. The van der Waals surface area contributed by atoms with E-state index in [0.29, 0.717) is 48.3 Å². The van der Waals surface area contributed by atoms with Crippen molar-refractivity contribution in [3.05, 3.63) is 68.2 Å². The van der Waals surface area contributed by atoms with Gasteiger partial charge in [0, 0.05) is 42.8 Å². The zero-order valence-corrected chi connectivity index (χ0v) is 22.3. The molecule has 1 aliphatic rings. The van der Waals surface area contributed by atoms with Gasteiger partial charge < -0.3 is 29.5 Å². The summed E-state index contributed by atoms with van der Waals surface area (Å²) in [6.45, 7) is 4.74. The SMILES string of the molecule is COc1cc2c(cc1Cc1cc(N3CCC(O)CC3)cc(Cl)c1F)c(=O)c(C(=O)O)cn2[C@H](CO)C(C)C. The summed E-state index contributed by atoms with van der Waals surface area (Å²) in [5.74, 6) is -1.64. The summed E-state index contributed by atoms with van der Waals surface area (Å²) in [5, 5.41) is 29.7. The van der Waals surface area contributed by atoms with Crippen LogP contribution in [0, 0.1) is 11.7 Å². The van der Waals surface area contributed by atoms with E-state index in [4.69, 9.17) is 16.3 Å². The number of rotatable bonds is 8. The number of carbonyl (C=O) groups is 1. The number of nitrogens with zero attached hydrogens (tertiary/aromatic N) is 2. The molecule has 0 bridgehead atoms. The lowest BCUT2D eigenvalue weighted by atomic mass is 9.98. The van der Waals surface area contributed by atoms with Gasteiger partial charge in [0.05, 0.1) is 36.4 Å². The van der Waals surface area contributed by atoms with Crippen molar-refractivity contribution in [2.45, 2.75) is 45.3 Å². The number of fused-ring (bicyclic) bond motifs is 1. The number of aliphatic hydroxyl groups excluding tert-OH is 2. The number of benzene rings is 2. The van der Waals surface area contributed by atoms with Crippen LogP contribution in [0.15, 0.2) is 35.3 Å². The number of hydrogen-bond acceptors (Lipinski definition) is 6. The first-order valence-electron chi connectivity index (χ1n) is 12.6. The van der Waals surface area contributed by atoms with Gasteiger partial charge in [0.2, 0.25) is 5.43 Å². The minimum atomic E-state index is -1.37. The van der Waals surface area contributed by atoms with Crippen LogP contribution in [0.25, 0.3) is 10.9 Å². The number of aromatic carboxylic acids is 1. The molecule has 0 amide bonds. The van der Waals surface area contributed by atoms with E-state index < -0.39 is 28.8 Å². The number of piperidine rings is 1. The van der Waals surface area contributed by atoms with E-state index in [1.54, 1.807) is 22.8 Å². The summed E-state index contributed by atoms with van der Waals surface area (Å²) in [6, 6.07) is 5.94. The summed E-state index contributed by atoms with van der Waals surface area (Å²) in [5.41, 5.74) is 0.825. The normalized spacial score (nSPS) is 15.3. The molecule has 38 heavy (non-hydrogen) atoms. The highest BCUT2D eigenvalue weighted by atomic mass is 35.5. The Bertz CT molecular complexity index is 1410. The van der Waals surface area contributed by atoms with E-state index in [9.17, 15) is 24.9 Å². The molecule has 10 heteroatoms. The quantitative estimate of drug-likeness (QED) is 0.387. The van der Waals surface area contributed by atoms with Gasteiger partial charge in [-0.1, -0.05) is 25.4 Å². The molecule has 1 atom stereocenters. The number of carboxylic acids is 1. The Balaban J connectivity index is 1.87. The van der Waals surface area contributed by atoms with Crippen molar-refractivity contribution in [2.75, 3.05) is 31.7 Å². The molecule has 2 aromatic carbocycles. The summed E-state index contributed by atoms with van der Waals surface area (Å²) < 4.78 is 22.4. The van der Waals surface area contributed by atoms with Gasteiger partial charge in [-0.15, -0.1) is 0 Å². The number of pyridine rings is 1. The number of methoxy groups -OCH3 is 1. The minimum Gasteiger partial charge on any atom is -0.496 e. The molecule has 8 nitrogen and oxygen atoms in total. The first kappa shape index (κ1) is 27.9. The molecule has 0 aliphatic carbocycles. The fourth-order valence-corrected chi connectivity index (χ4v) is 5.30. The highest BCUT2D eigenvalue weighted by molar-refractivity contribution is 6.31. The van der Waals surface area contributed by atoms with Gasteiger partial charge in [0.1, 0.15) is 17.1 Å². The van der Waals surface area contributed by atoms with Gasteiger partial charge in [-0.05, 0) is 48.1 Å². The smallest absolute Gasteiger partial charge is 0.341 e. The first-order valence-corrected chi connectivity index (χ1v) is 12.9. The molecule has 0 unspecified atom stereocenters. The molecule has 4 rings (SSSR count). The predicted molar refractivity (Wildman–Crippen MR) is 144 cm³/mol. The van der Waals surface area contributed by atoms with Crippen LogP contribution in [-0.4, -0.2) is 58.8 Å². The van der Waals surface area contributed by atoms with Crippen LogP contribution >= 0.6 is 11.6 Å². The van der Waals surface area contributed by atoms with Crippen LogP contribution in [0.1, 0.15) is 54.2 Å². The molecule has 3 aromatic rings. The second-order valence-corrected chi connectivity index (χ2v) is 10.5. The average molecular weight is 547 g/mol. The number of carboxylic acid groups (broad SMARTS) is 1. The summed E-state index contributed by atoms with van der Waals surface area (Å²) in [4.78, 5) is 27.1. The standard InChI is InChI=1S/C28H32ClFN2O6/c1-15(2)24(14-33)32-13-21(28(36)37)27(35)20-10-16(25(38-3)12-23(20)32)8-17-9-18(11-22(29)26(17)30)31-6-4-19(34)5-7-31/h9-13,15,19,24,33-34H,4-8,14H2,1-3H3,(H,36,37)/t24-/m1/s1. The van der Waals surface area contributed by atoms with E-state index in [2.05, 4.69) is 0 Å². The zero-order valence-electron chi connectivity index (χ0n) is 21.6. The molecular formula is C28H32ClFN2O6. The topological polar surface area (TPSA) is 112 Å². The summed E-state index contributed by atoms with van der Waals surface area (Å²) in [7, 11) is 1.46. The van der Waals surface area contributed by atoms with Crippen LogP contribution in [0.5, 0.6) is 5.75 Å². The fraction of sp³-hybridized carbons (Fsp3) is 0.429. The van der Waals surface area contributed by atoms with Gasteiger partial charge in [-0.3, -0.25) is 4.79 Å². The van der Waals surface area contributed by atoms with Crippen LogP contribution in [0.3, 0.4) is 0 Å². The number of ether oxygens (including phenoxy) is 1. The van der Waals surface area contributed by atoms with E-state index >= 15 is 4.39 Å². The van der Waals surface area contributed by atoms with E-state index in [1.165, 1.54) is 19.4 Å². The summed E-state index contributed by atoms with van der Waals surface area (Å²) >= 11 is 6.26. The van der Waals surface area contributed by atoms with Crippen molar-refractivity contribution >= 4 is 34.2 Å². The Morgan fingerprint density at radius 1 is 1.18 bits per heavy atom. The maximum atomic E-state index is 15.2. The Labute approximate surface area is 224 Å². The number of aliphatic hydroxyl groups is 2. The average Bonchev–Trinajstić information content (AvgIpc) is 2.88. The molecule has 1 saturated heterocycles. The third-order valence-electron chi connectivity index (χ3n) is 7.28. The molecule has 2 heterocycles. The van der Waals surface area contributed by atoms with Gasteiger partial charge in [0.15, 0.2) is 0 Å². The molecule has 0 saturated carbocycles. The molecule has 1 aromatic heterocycles. The van der Waals surface area contributed by atoms with Gasteiger partial charge in [-0.25, -0.2) is 9.18 Å². The monoisotopic (exact) mass is 546 g/mol. The molecule has 1 aliphatic heterocycles. The van der Waals surface area contributed by atoms with Crippen molar-refractivity contribution in [3.8, 4) is 5.75 Å². The maximum absolute atomic E-state index is 15.2. The highest BCUT2D eigenvalue weighted by Gasteiger charge is 2.24. The second-order valence-electron chi connectivity index (χ2n) is 10.1. The van der Waals surface area contributed by atoms with Gasteiger partial charge in [-0.2, -0.15) is 0 Å². The summed E-state index contributed by atoms with van der Waals surface area (Å²) in [6.07, 6.45) is 2.15. The second kappa shape index (κ2) is 11.3. The highest BCUT2D eigenvalue weighted by Crippen LogP contribution is 2.34. The van der Waals surface area contributed by atoms with Crippen molar-refractivity contribution in [1.29, 1.82) is 0 Å².